The van der Waals surface area contributed by atoms with Crippen LogP contribution in [0.3, 0.4) is 0 Å². The number of nitrogens with one attached hydrogen (secondary N) is 1. The average molecular weight is 302 g/mol. The van der Waals surface area contributed by atoms with Crippen LogP contribution >= 0.6 is 23.2 Å². The summed E-state index contributed by atoms with van der Waals surface area (Å²) in [7, 11) is 0. The van der Waals surface area contributed by atoms with Crippen molar-refractivity contribution < 1.29 is 4.74 Å². The van der Waals surface area contributed by atoms with Gasteiger partial charge in [0.05, 0.1) is 6.61 Å². The number of benzene rings is 1. The van der Waals surface area contributed by atoms with Crippen molar-refractivity contribution in [3.05, 3.63) is 33.8 Å². The van der Waals surface area contributed by atoms with E-state index in [4.69, 9.17) is 27.9 Å². The average Bonchev–Trinajstić information content (AvgIpc) is 2.39. The minimum Gasteiger partial charge on any atom is -0.381 e. The largest absolute Gasteiger partial charge is 0.381 e. The normalized spacial score (nSPS) is 21.3. The summed E-state index contributed by atoms with van der Waals surface area (Å²) in [5.41, 5.74) is 1.17. The smallest absolute Gasteiger partial charge is 0.0512 e. The van der Waals surface area contributed by atoms with Crippen molar-refractivity contribution in [1.29, 1.82) is 0 Å². The molecule has 1 aliphatic rings. The van der Waals surface area contributed by atoms with Gasteiger partial charge in [-0.3, -0.25) is 0 Å². The molecule has 1 fully saturated rings. The number of hydrogen-bond acceptors (Lipinski definition) is 2. The van der Waals surface area contributed by atoms with Gasteiger partial charge < -0.3 is 10.1 Å². The molecule has 2 nitrogen and oxygen atoms in total. The predicted octanol–water partition coefficient (Wildman–Crippen LogP) is 4.46. The quantitative estimate of drug-likeness (QED) is 0.867. The molecule has 0 aromatic heterocycles. The van der Waals surface area contributed by atoms with Crippen molar-refractivity contribution in [3.8, 4) is 0 Å². The Hall–Kier alpha value is -0.280. The lowest BCUT2D eigenvalue weighted by molar-refractivity contribution is 0.0390. The molecular formula is C15H21Cl2NO. The number of rotatable bonds is 5. The highest BCUT2D eigenvalue weighted by Gasteiger charge is 2.25. The molecule has 0 saturated carbocycles. The van der Waals surface area contributed by atoms with E-state index in [1.807, 2.05) is 12.1 Å². The van der Waals surface area contributed by atoms with Crippen LogP contribution in [-0.2, 0) is 4.74 Å². The molecule has 106 valence electrons. The van der Waals surface area contributed by atoms with E-state index in [0.29, 0.717) is 16.0 Å². The van der Waals surface area contributed by atoms with Crippen LogP contribution in [-0.4, -0.2) is 19.8 Å². The molecule has 2 rings (SSSR count). The van der Waals surface area contributed by atoms with Crippen LogP contribution in [0.1, 0.15) is 37.8 Å². The third-order valence-electron chi connectivity index (χ3n) is 3.53. The van der Waals surface area contributed by atoms with Gasteiger partial charge >= 0.3 is 0 Å². The van der Waals surface area contributed by atoms with Crippen LogP contribution in [0.2, 0.25) is 10.0 Å². The van der Waals surface area contributed by atoms with Gasteiger partial charge in [0.15, 0.2) is 0 Å². The van der Waals surface area contributed by atoms with Gasteiger partial charge in [-0.25, -0.2) is 0 Å². The summed E-state index contributed by atoms with van der Waals surface area (Å²) in [6.07, 6.45) is 3.42. The van der Waals surface area contributed by atoms with E-state index in [-0.39, 0.29) is 6.04 Å². The van der Waals surface area contributed by atoms with Crippen LogP contribution in [0.4, 0.5) is 0 Å². The Morgan fingerprint density at radius 3 is 2.63 bits per heavy atom. The fraction of sp³-hybridized carbons (Fsp3) is 0.600. The van der Waals surface area contributed by atoms with E-state index in [1.54, 1.807) is 6.07 Å². The van der Waals surface area contributed by atoms with E-state index < -0.39 is 0 Å². The van der Waals surface area contributed by atoms with Crippen LogP contribution in [0.5, 0.6) is 0 Å². The Labute approximate surface area is 125 Å². The Bertz CT molecular complexity index is 385. The molecule has 1 aliphatic heterocycles. The molecule has 1 aromatic rings. The monoisotopic (exact) mass is 301 g/mol. The fourth-order valence-electron chi connectivity index (χ4n) is 2.64. The van der Waals surface area contributed by atoms with E-state index in [2.05, 4.69) is 12.2 Å². The summed E-state index contributed by atoms with van der Waals surface area (Å²) in [6.45, 7) is 4.86. The molecule has 0 amide bonds. The second-order valence-corrected chi connectivity index (χ2v) is 5.98. The van der Waals surface area contributed by atoms with E-state index in [1.165, 1.54) is 12.0 Å². The van der Waals surface area contributed by atoms with Crippen LogP contribution in [0, 0.1) is 5.92 Å². The molecule has 0 aliphatic carbocycles. The van der Waals surface area contributed by atoms with Crippen LogP contribution in [0.15, 0.2) is 18.2 Å². The first-order chi connectivity index (χ1) is 9.20. The zero-order chi connectivity index (χ0) is 13.7. The maximum atomic E-state index is 6.12. The lowest BCUT2D eigenvalue weighted by Gasteiger charge is -2.31. The first-order valence-electron chi connectivity index (χ1n) is 6.98. The van der Waals surface area contributed by atoms with E-state index in [9.17, 15) is 0 Å². The Kier molecular flexibility index (Phi) is 5.96. The maximum absolute atomic E-state index is 6.12. The van der Waals surface area contributed by atoms with Gasteiger partial charge in [0.1, 0.15) is 0 Å². The van der Waals surface area contributed by atoms with Crippen molar-refractivity contribution in [2.24, 2.45) is 5.92 Å². The van der Waals surface area contributed by atoms with Crippen molar-refractivity contribution in [3.63, 3.8) is 0 Å². The van der Waals surface area contributed by atoms with Gasteiger partial charge in [0, 0.05) is 28.6 Å². The second kappa shape index (κ2) is 7.49. The SMILES string of the molecule is CCCNC(c1cc(Cl)cc(Cl)c1)C1CCCOC1. The molecule has 0 bridgehead atoms. The molecule has 0 spiro atoms. The van der Waals surface area contributed by atoms with E-state index in [0.717, 1.165) is 32.6 Å². The fourth-order valence-corrected chi connectivity index (χ4v) is 3.18. The topological polar surface area (TPSA) is 21.3 Å². The molecule has 1 saturated heterocycles. The first-order valence-corrected chi connectivity index (χ1v) is 7.73. The summed E-state index contributed by atoms with van der Waals surface area (Å²) in [6, 6.07) is 6.07. The third-order valence-corrected chi connectivity index (χ3v) is 3.96. The minimum absolute atomic E-state index is 0.274. The zero-order valence-corrected chi connectivity index (χ0v) is 12.8. The Morgan fingerprint density at radius 2 is 2.05 bits per heavy atom. The molecule has 2 atom stereocenters. The van der Waals surface area contributed by atoms with Gasteiger partial charge in [0.25, 0.3) is 0 Å². The summed E-state index contributed by atoms with van der Waals surface area (Å²) in [4.78, 5) is 0. The second-order valence-electron chi connectivity index (χ2n) is 5.11. The Morgan fingerprint density at radius 1 is 1.32 bits per heavy atom. The molecular weight excluding hydrogens is 281 g/mol. The van der Waals surface area contributed by atoms with Gasteiger partial charge in [-0.15, -0.1) is 0 Å². The number of ether oxygens (including phenoxy) is 1. The summed E-state index contributed by atoms with van der Waals surface area (Å²) < 4.78 is 5.62. The molecule has 19 heavy (non-hydrogen) atoms. The van der Waals surface area contributed by atoms with Crippen LogP contribution < -0.4 is 5.32 Å². The highest BCUT2D eigenvalue weighted by molar-refractivity contribution is 6.34. The highest BCUT2D eigenvalue weighted by atomic mass is 35.5. The number of hydrogen-bond donors (Lipinski definition) is 1. The number of halogens is 2. The lowest BCUT2D eigenvalue weighted by atomic mass is 9.88. The van der Waals surface area contributed by atoms with Gasteiger partial charge in [-0.05, 0) is 49.6 Å². The third kappa shape index (κ3) is 4.35. The summed E-state index contributed by atoms with van der Waals surface area (Å²) in [5.74, 6) is 0.495. The zero-order valence-electron chi connectivity index (χ0n) is 11.3. The minimum atomic E-state index is 0.274. The molecule has 2 unspecified atom stereocenters. The Balaban J connectivity index is 2.19. The van der Waals surface area contributed by atoms with E-state index >= 15 is 0 Å². The highest BCUT2D eigenvalue weighted by Crippen LogP contribution is 2.32. The molecule has 4 heteroatoms. The summed E-state index contributed by atoms with van der Waals surface area (Å²) in [5, 5.41) is 5.01. The lowest BCUT2D eigenvalue weighted by Crippen LogP contribution is -2.33. The maximum Gasteiger partial charge on any atom is 0.0512 e. The first kappa shape index (κ1) is 15.1. The standard InChI is InChI=1S/C15H21Cl2NO/c1-2-5-18-15(11-4-3-6-19-10-11)12-7-13(16)9-14(17)8-12/h7-9,11,15,18H,2-6,10H2,1H3. The van der Waals surface area contributed by atoms with Crippen LogP contribution in [0.25, 0.3) is 0 Å². The van der Waals surface area contributed by atoms with Crippen molar-refractivity contribution in [2.75, 3.05) is 19.8 Å². The van der Waals surface area contributed by atoms with Crippen molar-refractivity contribution >= 4 is 23.2 Å². The predicted molar refractivity (Wildman–Crippen MR) is 81.0 cm³/mol. The molecule has 1 N–H and O–H groups in total. The van der Waals surface area contributed by atoms with Crippen molar-refractivity contribution in [1.82, 2.24) is 5.32 Å². The molecule has 0 radical (unpaired) electrons. The summed E-state index contributed by atoms with van der Waals surface area (Å²) >= 11 is 12.2. The van der Waals surface area contributed by atoms with Gasteiger partial charge in [0.2, 0.25) is 0 Å². The molecule has 1 aromatic carbocycles. The van der Waals surface area contributed by atoms with Gasteiger partial charge in [-0.1, -0.05) is 30.1 Å². The van der Waals surface area contributed by atoms with Gasteiger partial charge in [-0.2, -0.15) is 0 Å². The van der Waals surface area contributed by atoms with Crippen molar-refractivity contribution in [2.45, 2.75) is 32.2 Å². The molecule has 1 heterocycles.